The molecular weight excluding hydrogens is 460 g/mol. The van der Waals surface area contributed by atoms with Gasteiger partial charge in [-0.1, -0.05) is 23.5 Å². The van der Waals surface area contributed by atoms with Crippen LogP contribution in [-0.4, -0.2) is 69.2 Å². The highest BCUT2D eigenvalue weighted by atomic mass is 32.1. The summed E-state index contributed by atoms with van der Waals surface area (Å²) in [6.45, 7) is 10.5. The second-order valence-electron chi connectivity index (χ2n) is 9.40. The molecule has 1 saturated heterocycles. The first-order valence-corrected chi connectivity index (χ1v) is 12.4. The molecule has 182 valence electrons. The molecule has 0 bridgehead atoms. The van der Waals surface area contributed by atoms with Crippen molar-refractivity contribution in [2.24, 2.45) is 0 Å². The Kier molecular flexibility index (Phi) is 7.17. The van der Waals surface area contributed by atoms with Crippen LogP contribution in [0.3, 0.4) is 0 Å². The molecule has 1 aromatic carbocycles. The van der Waals surface area contributed by atoms with Gasteiger partial charge < -0.3 is 10.0 Å². The lowest BCUT2D eigenvalue weighted by molar-refractivity contribution is 0.0267. The number of thiazole rings is 1. The number of aryl methyl sites for hydroxylation is 2. The Balaban J connectivity index is 1.61. The number of rotatable bonds is 5. The molecule has 3 heterocycles. The normalized spacial score (nSPS) is 14.6. The maximum Gasteiger partial charge on any atom is 0.323 e. The summed E-state index contributed by atoms with van der Waals surface area (Å²) in [5.74, 6) is 0. The Morgan fingerprint density at radius 1 is 1.11 bits per heavy atom. The van der Waals surface area contributed by atoms with Gasteiger partial charge in [0, 0.05) is 48.7 Å². The predicted octanol–water partition coefficient (Wildman–Crippen LogP) is 4.28. The third-order valence-electron chi connectivity index (χ3n) is 6.26. The molecule has 0 atom stereocenters. The molecule has 0 spiro atoms. The predicted molar refractivity (Wildman–Crippen MR) is 138 cm³/mol. The monoisotopic (exact) mass is 490 g/mol. The number of nitriles is 1. The van der Waals surface area contributed by atoms with Crippen LogP contribution in [-0.2, 0) is 0 Å². The van der Waals surface area contributed by atoms with Crippen molar-refractivity contribution < 1.29 is 9.90 Å². The number of aromatic nitrogens is 2. The van der Waals surface area contributed by atoms with E-state index < -0.39 is 0 Å². The molecule has 35 heavy (non-hydrogen) atoms. The number of nitrogens with one attached hydrogen (secondary N) is 1. The Hall–Kier alpha value is -3.32. The number of hydrogen-bond acceptors (Lipinski definition) is 7. The van der Waals surface area contributed by atoms with Gasteiger partial charge in [0.25, 0.3) is 0 Å². The van der Waals surface area contributed by atoms with Crippen LogP contribution in [0.15, 0.2) is 36.4 Å². The molecular formula is C26H30N6O2S. The van der Waals surface area contributed by atoms with Crippen molar-refractivity contribution >= 4 is 22.5 Å². The lowest BCUT2D eigenvalue weighted by Gasteiger charge is -2.43. The molecule has 9 heteroatoms. The van der Waals surface area contributed by atoms with Gasteiger partial charge >= 0.3 is 6.03 Å². The van der Waals surface area contributed by atoms with E-state index in [1.807, 2.05) is 58.0 Å². The van der Waals surface area contributed by atoms with Crippen molar-refractivity contribution in [3.8, 4) is 27.8 Å². The molecule has 2 amide bonds. The van der Waals surface area contributed by atoms with E-state index in [0.29, 0.717) is 36.9 Å². The number of nitrogens with zero attached hydrogens (tertiary/aromatic N) is 5. The smallest absolute Gasteiger partial charge is 0.323 e. The summed E-state index contributed by atoms with van der Waals surface area (Å²) in [6, 6.07) is 13.3. The summed E-state index contributed by atoms with van der Waals surface area (Å²) >= 11 is 1.42. The lowest BCUT2D eigenvalue weighted by atomic mass is 10.0. The van der Waals surface area contributed by atoms with Crippen molar-refractivity contribution in [3.63, 3.8) is 0 Å². The molecule has 0 saturated carbocycles. The fraction of sp³-hybridized carbons (Fsp3) is 0.385. The van der Waals surface area contributed by atoms with Crippen molar-refractivity contribution in [2.75, 3.05) is 38.1 Å². The van der Waals surface area contributed by atoms with Gasteiger partial charge in [0.2, 0.25) is 0 Å². The average Bonchev–Trinajstić information content (AvgIpc) is 3.27. The van der Waals surface area contributed by atoms with E-state index in [4.69, 9.17) is 4.98 Å². The zero-order valence-electron chi connectivity index (χ0n) is 20.5. The van der Waals surface area contributed by atoms with Gasteiger partial charge in [0.1, 0.15) is 0 Å². The molecule has 2 N–H and O–H groups in total. The van der Waals surface area contributed by atoms with Gasteiger partial charge in [-0.2, -0.15) is 5.26 Å². The zero-order chi connectivity index (χ0) is 25.2. The Labute approximate surface area is 209 Å². The van der Waals surface area contributed by atoms with Crippen LogP contribution in [0, 0.1) is 25.2 Å². The van der Waals surface area contributed by atoms with Gasteiger partial charge in [-0.05, 0) is 57.5 Å². The highest BCUT2D eigenvalue weighted by molar-refractivity contribution is 7.19. The van der Waals surface area contributed by atoms with Gasteiger partial charge in [0.05, 0.1) is 28.8 Å². The van der Waals surface area contributed by atoms with Gasteiger partial charge in [0.15, 0.2) is 5.13 Å². The number of amides is 2. The average molecular weight is 491 g/mol. The van der Waals surface area contributed by atoms with Gasteiger partial charge in [-0.15, -0.1) is 0 Å². The molecule has 3 aromatic rings. The van der Waals surface area contributed by atoms with Crippen LogP contribution >= 0.6 is 11.3 Å². The molecule has 8 nitrogen and oxygen atoms in total. The summed E-state index contributed by atoms with van der Waals surface area (Å²) < 4.78 is 0. The summed E-state index contributed by atoms with van der Waals surface area (Å²) in [5, 5.41) is 22.5. The largest absolute Gasteiger partial charge is 0.394 e. The Morgan fingerprint density at radius 2 is 1.80 bits per heavy atom. The molecule has 1 fully saturated rings. The van der Waals surface area contributed by atoms with E-state index in [-0.39, 0.29) is 18.2 Å². The van der Waals surface area contributed by atoms with Crippen LogP contribution in [0.25, 0.3) is 21.7 Å². The quantitative estimate of drug-likeness (QED) is 0.553. The first-order chi connectivity index (χ1) is 16.7. The van der Waals surface area contributed by atoms with Gasteiger partial charge in [-0.3, -0.25) is 15.2 Å². The molecule has 0 unspecified atom stereocenters. The third kappa shape index (κ3) is 5.51. The molecule has 1 aliphatic rings. The minimum Gasteiger partial charge on any atom is -0.394 e. The lowest BCUT2D eigenvalue weighted by Crippen LogP contribution is -2.57. The molecule has 0 radical (unpaired) electrons. The maximum absolute atomic E-state index is 13.1. The summed E-state index contributed by atoms with van der Waals surface area (Å²) in [5.41, 5.74) is 4.58. The number of aliphatic hydroxyl groups excluding tert-OH is 1. The Bertz CT molecular complexity index is 1250. The van der Waals surface area contributed by atoms with Crippen LogP contribution in [0.2, 0.25) is 0 Å². The first-order valence-electron chi connectivity index (χ1n) is 11.6. The van der Waals surface area contributed by atoms with Crippen molar-refractivity contribution in [3.05, 3.63) is 53.3 Å². The van der Waals surface area contributed by atoms with E-state index in [1.54, 1.807) is 11.0 Å². The van der Waals surface area contributed by atoms with Gasteiger partial charge in [-0.25, -0.2) is 9.78 Å². The van der Waals surface area contributed by atoms with Crippen LogP contribution in [0.4, 0.5) is 9.93 Å². The summed E-state index contributed by atoms with van der Waals surface area (Å²) in [7, 11) is 0. The standard InChI is InChI=1S/C26H30N6O2S/c1-17-12-21(13-18(2)28-17)23-22(20-7-5-6-19(14-20)15-27)29-24(35-23)30-25(34)31-8-10-32(11-9-31)26(3,4)16-33/h5-7,12-14,33H,8-11,16H2,1-4H3,(H,29,30,34). The van der Waals surface area contributed by atoms with Crippen molar-refractivity contribution in [2.45, 2.75) is 33.2 Å². The fourth-order valence-corrected chi connectivity index (χ4v) is 5.22. The van der Waals surface area contributed by atoms with E-state index in [1.165, 1.54) is 11.3 Å². The molecule has 2 aromatic heterocycles. The second-order valence-corrected chi connectivity index (χ2v) is 10.4. The highest BCUT2D eigenvalue weighted by Crippen LogP contribution is 2.39. The third-order valence-corrected chi connectivity index (χ3v) is 7.28. The maximum atomic E-state index is 13.1. The number of carbonyl (C=O) groups is 1. The van der Waals surface area contributed by atoms with Crippen LogP contribution in [0.5, 0.6) is 0 Å². The number of urea groups is 1. The summed E-state index contributed by atoms with van der Waals surface area (Å²) in [6.07, 6.45) is 0. The number of carbonyl (C=O) groups excluding carboxylic acids is 1. The molecule has 1 aliphatic heterocycles. The van der Waals surface area contributed by atoms with Crippen molar-refractivity contribution in [1.29, 1.82) is 5.26 Å². The summed E-state index contributed by atoms with van der Waals surface area (Å²) in [4.78, 5) is 27.2. The van der Waals surface area contributed by atoms with E-state index in [9.17, 15) is 15.2 Å². The Morgan fingerprint density at radius 3 is 2.43 bits per heavy atom. The number of piperazine rings is 1. The topological polar surface area (TPSA) is 105 Å². The number of anilines is 1. The van der Waals surface area contributed by atoms with Crippen molar-refractivity contribution in [1.82, 2.24) is 19.8 Å². The highest BCUT2D eigenvalue weighted by Gasteiger charge is 2.31. The zero-order valence-corrected chi connectivity index (χ0v) is 21.3. The number of benzene rings is 1. The SMILES string of the molecule is Cc1cc(-c2sc(NC(=O)N3CCN(C(C)(C)CO)CC3)nc2-c2cccc(C#N)c2)cc(C)n1. The van der Waals surface area contributed by atoms with E-state index >= 15 is 0 Å². The van der Waals surface area contributed by atoms with E-state index in [2.05, 4.69) is 21.3 Å². The van der Waals surface area contributed by atoms with E-state index in [0.717, 1.165) is 33.1 Å². The number of hydrogen-bond donors (Lipinski definition) is 2. The van der Waals surface area contributed by atoms with Crippen LogP contribution < -0.4 is 5.32 Å². The minimum absolute atomic E-state index is 0.0742. The number of aliphatic hydroxyl groups is 1. The van der Waals surface area contributed by atoms with Crippen LogP contribution in [0.1, 0.15) is 30.8 Å². The first kappa shape index (κ1) is 24.8. The number of pyridine rings is 1. The minimum atomic E-state index is -0.305. The molecule has 0 aliphatic carbocycles. The fourth-order valence-electron chi connectivity index (χ4n) is 4.25. The molecule has 4 rings (SSSR count). The second kappa shape index (κ2) is 10.1.